The summed E-state index contributed by atoms with van der Waals surface area (Å²) >= 11 is 12.5. The van der Waals surface area contributed by atoms with Crippen molar-refractivity contribution in [2.45, 2.75) is 31.8 Å². The van der Waals surface area contributed by atoms with E-state index in [2.05, 4.69) is 10.7 Å². The van der Waals surface area contributed by atoms with Crippen LogP contribution in [0.1, 0.15) is 42.9 Å². The second kappa shape index (κ2) is 10.8. The van der Waals surface area contributed by atoms with Gasteiger partial charge in [-0.05, 0) is 47.4 Å². The molecule has 35 heavy (non-hydrogen) atoms. The van der Waals surface area contributed by atoms with Crippen LogP contribution in [0.25, 0.3) is 0 Å². The number of anilines is 1. The lowest BCUT2D eigenvalue weighted by Crippen LogP contribution is -2.57. The largest absolute Gasteiger partial charge is 0.346 e. The van der Waals surface area contributed by atoms with E-state index >= 15 is 0 Å². The molecule has 8 heteroatoms. The molecule has 182 valence electrons. The predicted octanol–water partition coefficient (Wildman–Crippen LogP) is 6.37. The maximum absolute atomic E-state index is 13.1. The number of halogens is 2. The maximum atomic E-state index is 13.1. The van der Waals surface area contributed by atoms with Crippen molar-refractivity contribution < 1.29 is 9.63 Å². The third kappa shape index (κ3) is 5.36. The zero-order valence-corrected chi connectivity index (χ0v) is 21.3. The molecule has 3 aromatic carbocycles. The molecule has 1 unspecified atom stereocenters. The van der Waals surface area contributed by atoms with E-state index in [0.29, 0.717) is 16.5 Å². The van der Waals surface area contributed by atoms with Gasteiger partial charge >= 0.3 is 0 Å². The van der Waals surface area contributed by atoms with Crippen LogP contribution in [0.15, 0.2) is 77.8 Å². The number of hydrazine groups is 1. The maximum Gasteiger partial charge on any atom is 0.261 e. The number of benzene rings is 3. The van der Waals surface area contributed by atoms with Crippen molar-refractivity contribution >= 4 is 41.1 Å². The molecule has 4 rings (SSSR count). The van der Waals surface area contributed by atoms with Gasteiger partial charge in [0, 0.05) is 27.7 Å². The van der Waals surface area contributed by atoms with Gasteiger partial charge in [0.15, 0.2) is 5.66 Å². The van der Waals surface area contributed by atoms with Crippen molar-refractivity contribution in [3.8, 4) is 0 Å². The monoisotopic (exact) mass is 510 g/mol. The average Bonchev–Trinajstić information content (AvgIpc) is 2.85. The molecule has 1 amide bonds. The summed E-state index contributed by atoms with van der Waals surface area (Å²) in [5.74, 6) is -0.412. The summed E-state index contributed by atoms with van der Waals surface area (Å²) in [7, 11) is 1.47. The Morgan fingerprint density at radius 3 is 2.11 bits per heavy atom. The number of hydroxylamine groups is 1. The second-order valence-corrected chi connectivity index (χ2v) is 9.70. The van der Waals surface area contributed by atoms with Crippen LogP contribution in [0.4, 0.5) is 5.69 Å². The molecule has 1 heterocycles. The molecule has 0 bridgehead atoms. The first-order valence-corrected chi connectivity index (χ1v) is 12.1. The van der Waals surface area contributed by atoms with Crippen LogP contribution < -0.4 is 10.7 Å². The van der Waals surface area contributed by atoms with Crippen molar-refractivity contribution in [3.63, 3.8) is 0 Å². The van der Waals surface area contributed by atoms with Crippen LogP contribution in [0.3, 0.4) is 0 Å². The Morgan fingerprint density at radius 2 is 1.57 bits per heavy atom. The van der Waals surface area contributed by atoms with E-state index in [9.17, 15) is 4.79 Å². The van der Waals surface area contributed by atoms with Crippen LogP contribution in [0, 0.1) is 5.92 Å². The minimum absolute atomic E-state index is 0.157. The molecule has 0 aliphatic carbocycles. The highest BCUT2D eigenvalue weighted by Gasteiger charge is 2.47. The third-order valence-electron chi connectivity index (χ3n) is 5.91. The zero-order valence-electron chi connectivity index (χ0n) is 19.8. The predicted molar refractivity (Wildman–Crippen MR) is 141 cm³/mol. The first-order valence-electron chi connectivity index (χ1n) is 11.4. The molecule has 0 aromatic heterocycles. The van der Waals surface area contributed by atoms with E-state index in [1.165, 1.54) is 12.3 Å². The van der Waals surface area contributed by atoms with Gasteiger partial charge in [-0.15, -0.1) is 5.17 Å². The smallest absolute Gasteiger partial charge is 0.261 e. The van der Waals surface area contributed by atoms with E-state index in [-0.39, 0.29) is 17.7 Å². The molecule has 0 fully saturated rings. The minimum Gasteiger partial charge on any atom is -0.346 e. The van der Waals surface area contributed by atoms with Gasteiger partial charge in [0.1, 0.15) is 0 Å². The van der Waals surface area contributed by atoms with Crippen LogP contribution >= 0.6 is 23.2 Å². The summed E-state index contributed by atoms with van der Waals surface area (Å²) in [6.07, 6.45) is 1.96. The van der Waals surface area contributed by atoms with Crippen molar-refractivity contribution in [3.05, 3.63) is 99.5 Å². The number of rotatable bonds is 8. The number of hydrogen-bond donors (Lipinski definition) is 2. The Bertz CT molecular complexity index is 1150. The number of hydrogen-bond acceptors (Lipinski definition) is 5. The van der Waals surface area contributed by atoms with Gasteiger partial charge in [-0.25, -0.2) is 4.99 Å². The summed E-state index contributed by atoms with van der Waals surface area (Å²) in [6.45, 7) is 3.98. The molecular formula is C27H28Cl2N4O2. The topological polar surface area (TPSA) is 66.0 Å². The lowest BCUT2D eigenvalue weighted by atomic mass is 9.76. The first-order chi connectivity index (χ1) is 16.8. The number of nitrogens with zero attached hydrogens (tertiary/aromatic N) is 2. The van der Waals surface area contributed by atoms with Gasteiger partial charge in [-0.3, -0.25) is 9.63 Å². The Morgan fingerprint density at radius 1 is 1.00 bits per heavy atom. The van der Waals surface area contributed by atoms with Gasteiger partial charge in [0.2, 0.25) is 0 Å². The van der Waals surface area contributed by atoms with Gasteiger partial charge in [-0.1, -0.05) is 79.5 Å². The Kier molecular flexibility index (Phi) is 7.77. The van der Waals surface area contributed by atoms with E-state index < -0.39 is 5.66 Å². The fraction of sp³-hybridized carbons (Fsp3) is 0.259. The molecule has 1 atom stereocenters. The summed E-state index contributed by atoms with van der Waals surface area (Å²) in [6, 6.07) is 23.2. The molecular weight excluding hydrogens is 483 g/mol. The number of carbonyl (C=O) groups is 1. The quantitative estimate of drug-likeness (QED) is 0.345. The number of aliphatic imine (C=N–C) groups is 1. The number of carbonyl (C=O) groups excluding carboxylic acids is 1. The average molecular weight is 511 g/mol. The van der Waals surface area contributed by atoms with Crippen molar-refractivity contribution in [1.82, 2.24) is 10.6 Å². The lowest BCUT2D eigenvalue weighted by Gasteiger charge is -2.44. The molecule has 0 radical (unpaired) electrons. The second-order valence-electron chi connectivity index (χ2n) is 8.83. The van der Waals surface area contributed by atoms with Crippen molar-refractivity contribution in [2.75, 3.05) is 12.4 Å². The molecule has 0 saturated heterocycles. The number of fused-ring (bicyclic) bond motifs is 1. The van der Waals surface area contributed by atoms with Gasteiger partial charge < -0.3 is 5.32 Å². The number of nitrogens with one attached hydrogen (secondary N) is 2. The molecule has 2 N–H and O–H groups in total. The Balaban J connectivity index is 1.95. The summed E-state index contributed by atoms with van der Waals surface area (Å²) < 4.78 is 0. The standard InChI is InChI=1S/C27H28Cl2N4O2/c1-18(2)16-25(34)33(35-3)32-27(23-6-4-5-7-24(23)30-17-31-27)26(19-8-12-21(28)13-9-19)20-10-14-22(29)15-11-20/h4-15,17-18,26,32H,16H2,1-3H3,(H,30,31). The highest BCUT2D eigenvalue weighted by molar-refractivity contribution is 6.30. The molecule has 1 aliphatic rings. The van der Waals surface area contributed by atoms with E-state index in [4.69, 9.17) is 33.0 Å². The number of para-hydroxylation sites is 1. The van der Waals surface area contributed by atoms with Crippen LogP contribution in [-0.2, 0) is 15.3 Å². The number of amides is 1. The minimum atomic E-state index is -1.13. The van der Waals surface area contributed by atoms with Gasteiger partial charge in [-0.2, -0.15) is 5.43 Å². The Labute approximate surface area is 215 Å². The molecule has 6 nitrogen and oxygen atoms in total. The van der Waals surface area contributed by atoms with Gasteiger partial charge in [0.25, 0.3) is 5.91 Å². The molecule has 0 saturated carbocycles. The first kappa shape index (κ1) is 25.2. The summed E-state index contributed by atoms with van der Waals surface area (Å²) in [5.41, 5.74) is 5.86. The highest BCUT2D eigenvalue weighted by atomic mass is 35.5. The van der Waals surface area contributed by atoms with E-state index in [1.54, 1.807) is 6.34 Å². The van der Waals surface area contributed by atoms with Crippen LogP contribution in [0.2, 0.25) is 10.0 Å². The van der Waals surface area contributed by atoms with E-state index in [1.807, 2.05) is 86.6 Å². The third-order valence-corrected chi connectivity index (χ3v) is 6.42. The van der Waals surface area contributed by atoms with Crippen molar-refractivity contribution in [2.24, 2.45) is 10.9 Å². The molecule has 3 aromatic rings. The summed E-state index contributed by atoms with van der Waals surface area (Å²) in [5, 5.41) is 5.68. The SMILES string of the molecule is CON(NC1(C(c2ccc(Cl)cc2)c2ccc(Cl)cc2)N=CNc2ccccc21)C(=O)CC(C)C. The zero-order chi connectivity index (χ0) is 25.0. The van der Waals surface area contributed by atoms with Crippen LogP contribution in [0.5, 0.6) is 0 Å². The lowest BCUT2D eigenvalue weighted by molar-refractivity contribution is -0.206. The highest BCUT2D eigenvalue weighted by Crippen LogP contribution is 2.47. The fourth-order valence-corrected chi connectivity index (χ4v) is 4.63. The van der Waals surface area contributed by atoms with E-state index in [0.717, 1.165) is 22.4 Å². The fourth-order valence-electron chi connectivity index (χ4n) is 4.38. The molecule has 1 aliphatic heterocycles. The summed E-state index contributed by atoms with van der Waals surface area (Å²) in [4.78, 5) is 23.6. The van der Waals surface area contributed by atoms with Gasteiger partial charge in [0.05, 0.1) is 19.4 Å². The normalized spacial score (nSPS) is 16.8. The van der Waals surface area contributed by atoms with Crippen molar-refractivity contribution in [1.29, 1.82) is 0 Å². The van der Waals surface area contributed by atoms with Crippen LogP contribution in [-0.4, -0.2) is 24.5 Å². The molecule has 0 spiro atoms. The Hall–Kier alpha value is -2.90.